The van der Waals surface area contributed by atoms with Crippen LogP contribution in [0, 0.1) is 0 Å². The summed E-state index contributed by atoms with van der Waals surface area (Å²) in [6, 6.07) is 14.6. The molecule has 0 atom stereocenters. The molecule has 0 unspecified atom stereocenters. The molecule has 0 aliphatic carbocycles. The van der Waals surface area contributed by atoms with E-state index in [0.717, 1.165) is 5.69 Å². The van der Waals surface area contributed by atoms with Crippen molar-refractivity contribution in [1.82, 2.24) is 9.78 Å². The first-order chi connectivity index (χ1) is 10.5. The van der Waals surface area contributed by atoms with Crippen LogP contribution in [0.4, 0.5) is 0 Å². The first-order valence-electron chi connectivity index (χ1n) is 6.38. The highest BCUT2D eigenvalue weighted by Crippen LogP contribution is 2.23. The predicted octanol–water partition coefficient (Wildman–Crippen LogP) is 2.91. The molecule has 0 saturated heterocycles. The van der Waals surface area contributed by atoms with E-state index in [1.807, 2.05) is 24.4 Å². The Hall–Kier alpha value is -2.64. The minimum atomic E-state index is -4.19. The first-order valence-corrected chi connectivity index (χ1v) is 7.82. The standard InChI is InChI=1S/C15H12N2O4S/c18-22(19,20)15-8-6-14(7-9-15)21-13-4-2-12(3-5-13)17-11-1-10-16-17/h1-11H,(H,18,19,20). The van der Waals surface area contributed by atoms with Crippen LogP contribution >= 0.6 is 0 Å². The minimum absolute atomic E-state index is 0.172. The number of aromatic nitrogens is 2. The molecule has 22 heavy (non-hydrogen) atoms. The summed E-state index contributed by atoms with van der Waals surface area (Å²) >= 11 is 0. The van der Waals surface area contributed by atoms with Gasteiger partial charge in [0.05, 0.1) is 10.6 Å². The Kier molecular flexibility index (Phi) is 3.66. The second kappa shape index (κ2) is 5.63. The van der Waals surface area contributed by atoms with E-state index in [4.69, 9.17) is 9.29 Å². The van der Waals surface area contributed by atoms with Crippen LogP contribution in [0.3, 0.4) is 0 Å². The zero-order chi connectivity index (χ0) is 15.6. The maximum atomic E-state index is 11.0. The van der Waals surface area contributed by atoms with Gasteiger partial charge in [-0.3, -0.25) is 4.55 Å². The van der Waals surface area contributed by atoms with E-state index in [9.17, 15) is 8.42 Å². The zero-order valence-corrected chi connectivity index (χ0v) is 12.1. The summed E-state index contributed by atoms with van der Waals surface area (Å²) in [6.45, 7) is 0. The number of nitrogens with zero attached hydrogens (tertiary/aromatic N) is 2. The van der Waals surface area contributed by atoms with Gasteiger partial charge in [0.25, 0.3) is 10.1 Å². The normalized spacial score (nSPS) is 11.3. The van der Waals surface area contributed by atoms with Crippen molar-refractivity contribution < 1.29 is 17.7 Å². The number of rotatable bonds is 4. The van der Waals surface area contributed by atoms with Crippen molar-refractivity contribution in [3.05, 3.63) is 67.0 Å². The van der Waals surface area contributed by atoms with Crippen LogP contribution < -0.4 is 4.74 Å². The van der Waals surface area contributed by atoms with E-state index in [1.54, 1.807) is 23.0 Å². The van der Waals surface area contributed by atoms with Crippen molar-refractivity contribution in [2.24, 2.45) is 0 Å². The monoisotopic (exact) mass is 316 g/mol. The molecule has 0 fully saturated rings. The lowest BCUT2D eigenvalue weighted by atomic mass is 10.3. The molecule has 1 aromatic heterocycles. The fraction of sp³-hybridized carbons (Fsp3) is 0. The van der Waals surface area contributed by atoms with Crippen LogP contribution in [-0.4, -0.2) is 22.8 Å². The van der Waals surface area contributed by atoms with Crippen molar-refractivity contribution in [1.29, 1.82) is 0 Å². The number of hydrogen-bond donors (Lipinski definition) is 1. The van der Waals surface area contributed by atoms with Crippen molar-refractivity contribution in [2.45, 2.75) is 4.90 Å². The molecule has 0 bridgehead atoms. The van der Waals surface area contributed by atoms with E-state index in [-0.39, 0.29) is 4.90 Å². The van der Waals surface area contributed by atoms with E-state index in [2.05, 4.69) is 5.10 Å². The van der Waals surface area contributed by atoms with Gasteiger partial charge < -0.3 is 4.74 Å². The molecule has 0 aliphatic rings. The van der Waals surface area contributed by atoms with E-state index in [1.165, 1.54) is 24.3 Å². The average molecular weight is 316 g/mol. The van der Waals surface area contributed by atoms with Gasteiger partial charge in [-0.05, 0) is 54.6 Å². The Labute approximate surface area is 127 Å². The third-order valence-electron chi connectivity index (χ3n) is 2.96. The van der Waals surface area contributed by atoms with Crippen LogP contribution in [0.15, 0.2) is 71.9 Å². The molecule has 0 spiro atoms. The molecule has 2 aromatic carbocycles. The summed E-state index contributed by atoms with van der Waals surface area (Å²) < 4.78 is 38.2. The predicted molar refractivity (Wildman–Crippen MR) is 79.9 cm³/mol. The molecule has 112 valence electrons. The third kappa shape index (κ3) is 3.16. The summed E-state index contributed by atoms with van der Waals surface area (Å²) in [7, 11) is -4.19. The Morgan fingerprint density at radius 2 is 1.55 bits per heavy atom. The van der Waals surface area contributed by atoms with Crippen LogP contribution in [-0.2, 0) is 10.1 Å². The molecular weight excluding hydrogens is 304 g/mol. The highest BCUT2D eigenvalue weighted by atomic mass is 32.2. The first kappa shape index (κ1) is 14.3. The van der Waals surface area contributed by atoms with Crippen molar-refractivity contribution in [2.75, 3.05) is 0 Å². The fourth-order valence-corrected chi connectivity index (χ4v) is 2.38. The van der Waals surface area contributed by atoms with Gasteiger partial charge in [0.1, 0.15) is 11.5 Å². The third-order valence-corrected chi connectivity index (χ3v) is 3.83. The van der Waals surface area contributed by atoms with Crippen molar-refractivity contribution >= 4 is 10.1 Å². The minimum Gasteiger partial charge on any atom is -0.457 e. The molecule has 0 aliphatic heterocycles. The Morgan fingerprint density at radius 3 is 2.05 bits per heavy atom. The Bertz CT molecular complexity index is 855. The van der Waals surface area contributed by atoms with Crippen molar-refractivity contribution in [3.63, 3.8) is 0 Å². The number of hydrogen-bond acceptors (Lipinski definition) is 4. The van der Waals surface area contributed by atoms with E-state index >= 15 is 0 Å². The van der Waals surface area contributed by atoms with Crippen LogP contribution in [0.5, 0.6) is 11.5 Å². The van der Waals surface area contributed by atoms with Gasteiger partial charge in [-0.1, -0.05) is 0 Å². The molecule has 3 aromatic rings. The number of benzene rings is 2. The van der Waals surface area contributed by atoms with Crippen LogP contribution in [0.25, 0.3) is 5.69 Å². The summed E-state index contributed by atoms with van der Waals surface area (Å²) in [4.78, 5) is -0.172. The lowest BCUT2D eigenvalue weighted by molar-refractivity contribution is 0.478. The highest BCUT2D eigenvalue weighted by Gasteiger charge is 2.09. The summed E-state index contributed by atoms with van der Waals surface area (Å²) in [5.74, 6) is 1.08. The second-order valence-electron chi connectivity index (χ2n) is 4.49. The molecule has 0 saturated carbocycles. The van der Waals surface area contributed by atoms with E-state index < -0.39 is 10.1 Å². The topological polar surface area (TPSA) is 81.4 Å². The molecular formula is C15H12N2O4S. The van der Waals surface area contributed by atoms with Gasteiger partial charge in [-0.25, -0.2) is 4.68 Å². The average Bonchev–Trinajstić information content (AvgIpc) is 3.02. The Morgan fingerprint density at radius 1 is 0.955 bits per heavy atom. The molecule has 0 radical (unpaired) electrons. The lowest BCUT2D eigenvalue weighted by Crippen LogP contribution is -1.97. The van der Waals surface area contributed by atoms with Crippen molar-refractivity contribution in [3.8, 4) is 17.2 Å². The number of ether oxygens (including phenoxy) is 1. The molecule has 1 N–H and O–H groups in total. The molecule has 0 amide bonds. The van der Waals surface area contributed by atoms with Gasteiger partial charge >= 0.3 is 0 Å². The largest absolute Gasteiger partial charge is 0.457 e. The SMILES string of the molecule is O=S(=O)(O)c1ccc(Oc2ccc(-n3cccn3)cc2)cc1. The molecule has 7 heteroatoms. The second-order valence-corrected chi connectivity index (χ2v) is 5.91. The smallest absolute Gasteiger partial charge is 0.294 e. The molecule has 6 nitrogen and oxygen atoms in total. The van der Waals surface area contributed by atoms with Crippen LogP contribution in [0.2, 0.25) is 0 Å². The summed E-state index contributed by atoms with van der Waals surface area (Å²) in [5, 5.41) is 4.13. The maximum Gasteiger partial charge on any atom is 0.294 e. The van der Waals surface area contributed by atoms with Gasteiger partial charge in [-0.15, -0.1) is 0 Å². The lowest BCUT2D eigenvalue weighted by Gasteiger charge is -2.07. The van der Waals surface area contributed by atoms with E-state index in [0.29, 0.717) is 11.5 Å². The quantitative estimate of drug-likeness (QED) is 0.748. The highest BCUT2D eigenvalue weighted by molar-refractivity contribution is 7.85. The summed E-state index contributed by atoms with van der Waals surface area (Å²) in [5.41, 5.74) is 0.902. The molecule has 3 rings (SSSR count). The summed E-state index contributed by atoms with van der Waals surface area (Å²) in [6.07, 6.45) is 3.53. The van der Waals surface area contributed by atoms with Gasteiger partial charge in [0.2, 0.25) is 0 Å². The van der Waals surface area contributed by atoms with Gasteiger partial charge in [-0.2, -0.15) is 13.5 Å². The van der Waals surface area contributed by atoms with Crippen LogP contribution in [0.1, 0.15) is 0 Å². The molecule has 1 heterocycles. The van der Waals surface area contributed by atoms with Gasteiger partial charge in [0.15, 0.2) is 0 Å². The van der Waals surface area contributed by atoms with Gasteiger partial charge in [0, 0.05) is 12.4 Å². The fourth-order valence-electron chi connectivity index (χ4n) is 1.90. The maximum absolute atomic E-state index is 11.0. The zero-order valence-electron chi connectivity index (χ0n) is 11.3. The Balaban J connectivity index is 1.76.